The third kappa shape index (κ3) is 7.95. The molecule has 11 heteroatoms. The Morgan fingerprint density at radius 2 is 1.53 bits per heavy atom. The van der Waals surface area contributed by atoms with Crippen LogP contribution in [-0.2, 0) is 14.7 Å². The number of hydrogen-bond acceptors (Lipinski definition) is 8. The van der Waals surface area contributed by atoms with Gasteiger partial charge in [0.25, 0.3) is 0 Å². The van der Waals surface area contributed by atoms with Crippen molar-refractivity contribution in [3.8, 4) is 34.1 Å². The number of sulfone groups is 1. The first kappa shape index (κ1) is 31.6. The second-order valence-corrected chi connectivity index (χ2v) is 11.7. The number of phenols is 1. The Morgan fingerprint density at radius 3 is 2.21 bits per heavy atom. The number of phenolic OH excluding ortho intramolecular Hbond substituents is 1. The molecular formula is C32H36N2O8S. The van der Waals surface area contributed by atoms with Gasteiger partial charge < -0.3 is 19.7 Å². The Bertz CT molecular complexity index is 1660. The number of likely N-dealkylation sites (N-methyl/N-ethyl adjacent to an activating group) is 1. The molecule has 0 aliphatic heterocycles. The molecule has 4 rings (SSSR count). The van der Waals surface area contributed by atoms with Gasteiger partial charge in [0, 0.05) is 42.4 Å². The Labute approximate surface area is 251 Å². The molecule has 4 aromatic carbocycles. The zero-order valence-corrected chi connectivity index (χ0v) is 25.2. The van der Waals surface area contributed by atoms with E-state index in [-0.39, 0.29) is 29.4 Å². The predicted molar refractivity (Wildman–Crippen MR) is 165 cm³/mol. The highest BCUT2D eigenvalue weighted by molar-refractivity contribution is 7.90. The fourth-order valence-electron chi connectivity index (χ4n) is 4.65. The molecular weight excluding hydrogens is 572 g/mol. The van der Waals surface area contributed by atoms with Crippen LogP contribution in [0.25, 0.3) is 21.9 Å². The highest BCUT2D eigenvalue weighted by Gasteiger charge is 2.23. The molecule has 0 atom stereocenters. The number of nitrogens with zero attached hydrogens (tertiary/aromatic N) is 2. The van der Waals surface area contributed by atoms with Gasteiger partial charge in [0.05, 0.1) is 11.5 Å². The largest absolute Gasteiger partial charge is 0.507 e. The van der Waals surface area contributed by atoms with E-state index in [2.05, 4.69) is 4.90 Å². The first-order chi connectivity index (χ1) is 20.6. The summed E-state index contributed by atoms with van der Waals surface area (Å²) in [5, 5.41) is 22.4. The molecule has 0 fully saturated rings. The molecule has 43 heavy (non-hydrogen) atoms. The topological polar surface area (TPSA) is 126 Å². The number of hydrogen-bond donors (Lipinski definition) is 2. The van der Waals surface area contributed by atoms with Crippen molar-refractivity contribution in [3.05, 3.63) is 78.9 Å². The second kappa shape index (κ2) is 14.2. The van der Waals surface area contributed by atoms with E-state index in [1.54, 1.807) is 37.3 Å². The highest BCUT2D eigenvalue weighted by atomic mass is 32.2. The van der Waals surface area contributed by atoms with Crippen molar-refractivity contribution in [2.45, 2.75) is 18.7 Å². The summed E-state index contributed by atoms with van der Waals surface area (Å²) < 4.78 is 37.5. The monoisotopic (exact) mass is 608 g/mol. The van der Waals surface area contributed by atoms with Crippen LogP contribution in [0.15, 0.2) is 83.8 Å². The van der Waals surface area contributed by atoms with Gasteiger partial charge in [-0.1, -0.05) is 43.3 Å². The summed E-state index contributed by atoms with van der Waals surface area (Å²) in [7, 11) is -3.65. The standard InChI is InChI=1S/C32H36N2O8S/c1-4-33(20-22-41-34(5-2)32(36)37)19-21-40-24-14-16-25(17-15-24)42-31-26-10-7-6-9-23(26)13-18-27(31)30-28(35)11-8-12-29(30)43(3,38)39/h6-18,35H,4-5,19-22H2,1-3H3,(H,36,37). The lowest BCUT2D eigenvalue weighted by molar-refractivity contribution is -0.131. The maximum atomic E-state index is 12.6. The van der Waals surface area contributed by atoms with E-state index in [0.29, 0.717) is 42.5 Å². The smallest absolute Gasteiger partial charge is 0.431 e. The van der Waals surface area contributed by atoms with Crippen LogP contribution < -0.4 is 9.47 Å². The average molecular weight is 609 g/mol. The molecule has 0 heterocycles. The van der Waals surface area contributed by atoms with Crippen molar-refractivity contribution >= 4 is 26.7 Å². The first-order valence-corrected chi connectivity index (χ1v) is 15.8. The normalized spacial score (nSPS) is 11.5. The van der Waals surface area contributed by atoms with E-state index in [0.717, 1.165) is 28.6 Å². The molecule has 0 aliphatic rings. The van der Waals surface area contributed by atoms with E-state index in [1.807, 2.05) is 37.3 Å². The molecule has 0 bridgehead atoms. The van der Waals surface area contributed by atoms with Gasteiger partial charge in [-0.05, 0) is 61.3 Å². The Balaban J connectivity index is 1.49. The third-order valence-corrected chi connectivity index (χ3v) is 8.01. The van der Waals surface area contributed by atoms with E-state index < -0.39 is 15.9 Å². The summed E-state index contributed by atoms with van der Waals surface area (Å²) in [6, 6.07) is 22.7. The van der Waals surface area contributed by atoms with Crippen molar-refractivity contribution < 1.29 is 37.7 Å². The molecule has 0 saturated carbocycles. The Kier molecular flexibility index (Phi) is 10.5. The number of rotatable bonds is 14. The lowest BCUT2D eigenvalue weighted by Crippen LogP contribution is -2.35. The van der Waals surface area contributed by atoms with Gasteiger partial charge in [0.15, 0.2) is 9.84 Å². The lowest BCUT2D eigenvalue weighted by Gasteiger charge is -2.22. The molecule has 1 amide bonds. The lowest BCUT2D eigenvalue weighted by atomic mass is 9.98. The molecule has 228 valence electrons. The number of fused-ring (bicyclic) bond motifs is 1. The maximum absolute atomic E-state index is 12.6. The maximum Gasteiger partial charge on any atom is 0.431 e. The molecule has 2 N–H and O–H groups in total. The highest BCUT2D eigenvalue weighted by Crippen LogP contribution is 2.45. The number of carboxylic acid groups (broad SMARTS) is 1. The Hall–Kier alpha value is -4.32. The summed E-state index contributed by atoms with van der Waals surface area (Å²) in [5.74, 6) is 1.40. The minimum Gasteiger partial charge on any atom is -0.507 e. The molecule has 0 unspecified atom stereocenters. The van der Waals surface area contributed by atoms with Gasteiger partial charge >= 0.3 is 6.09 Å². The number of carbonyl (C=O) groups is 1. The fraction of sp³-hybridized carbons (Fsp3) is 0.281. The van der Waals surface area contributed by atoms with E-state index in [1.165, 1.54) is 18.2 Å². The average Bonchev–Trinajstić information content (AvgIpc) is 2.99. The van der Waals surface area contributed by atoms with E-state index in [9.17, 15) is 18.3 Å². The zero-order valence-electron chi connectivity index (χ0n) is 24.4. The van der Waals surface area contributed by atoms with Crippen LogP contribution in [-0.4, -0.2) is 80.3 Å². The Morgan fingerprint density at radius 1 is 0.837 bits per heavy atom. The van der Waals surface area contributed by atoms with E-state index >= 15 is 0 Å². The van der Waals surface area contributed by atoms with Gasteiger partial charge in [-0.3, -0.25) is 9.74 Å². The molecule has 10 nitrogen and oxygen atoms in total. The molecule has 4 aromatic rings. The predicted octanol–water partition coefficient (Wildman–Crippen LogP) is 6.04. The molecule has 0 spiro atoms. The van der Waals surface area contributed by atoms with Crippen molar-refractivity contribution in [3.63, 3.8) is 0 Å². The van der Waals surface area contributed by atoms with Crippen LogP contribution in [0.1, 0.15) is 13.8 Å². The number of amides is 1. The molecule has 0 radical (unpaired) electrons. The summed E-state index contributed by atoms with van der Waals surface area (Å²) in [6.07, 6.45) is -0.00633. The summed E-state index contributed by atoms with van der Waals surface area (Å²) in [5.41, 5.74) is 0.633. The van der Waals surface area contributed by atoms with Crippen LogP contribution in [0.5, 0.6) is 23.0 Å². The van der Waals surface area contributed by atoms with Crippen LogP contribution in [0, 0.1) is 0 Å². The summed E-state index contributed by atoms with van der Waals surface area (Å²) >= 11 is 0. The zero-order chi connectivity index (χ0) is 31.0. The summed E-state index contributed by atoms with van der Waals surface area (Å²) in [4.78, 5) is 18.5. The van der Waals surface area contributed by atoms with Crippen LogP contribution >= 0.6 is 0 Å². The second-order valence-electron chi connectivity index (χ2n) is 9.75. The van der Waals surface area contributed by atoms with Crippen molar-refractivity contribution in [2.24, 2.45) is 0 Å². The van der Waals surface area contributed by atoms with Crippen molar-refractivity contribution in [2.75, 3.05) is 45.6 Å². The number of hydroxylamine groups is 2. The molecule has 0 aromatic heterocycles. The van der Waals surface area contributed by atoms with Gasteiger partial charge in [-0.2, -0.15) is 5.06 Å². The number of aromatic hydroxyl groups is 1. The minimum atomic E-state index is -3.65. The van der Waals surface area contributed by atoms with E-state index in [4.69, 9.17) is 19.4 Å². The first-order valence-electron chi connectivity index (χ1n) is 13.9. The quantitative estimate of drug-likeness (QED) is 0.165. The number of ether oxygens (including phenoxy) is 2. The van der Waals surface area contributed by atoms with Gasteiger partial charge in [0.1, 0.15) is 29.6 Å². The third-order valence-electron chi connectivity index (χ3n) is 6.87. The molecule has 0 saturated heterocycles. The minimum absolute atomic E-state index is 0.00800. The van der Waals surface area contributed by atoms with Crippen LogP contribution in [0.2, 0.25) is 0 Å². The van der Waals surface area contributed by atoms with Crippen molar-refractivity contribution in [1.29, 1.82) is 0 Å². The number of benzene rings is 4. The summed E-state index contributed by atoms with van der Waals surface area (Å²) in [6.45, 7) is 6.58. The van der Waals surface area contributed by atoms with Gasteiger partial charge in [0.2, 0.25) is 0 Å². The van der Waals surface area contributed by atoms with Crippen LogP contribution in [0.3, 0.4) is 0 Å². The fourth-order valence-corrected chi connectivity index (χ4v) is 5.56. The van der Waals surface area contributed by atoms with Gasteiger partial charge in [-0.25, -0.2) is 13.2 Å². The SMILES string of the molecule is CCN(CCOc1ccc(Oc2c(-c3c(O)cccc3S(C)(=O)=O)ccc3ccccc23)cc1)CCON(CC)C(=O)O. The van der Waals surface area contributed by atoms with Gasteiger partial charge in [-0.15, -0.1) is 0 Å². The molecule has 0 aliphatic carbocycles. The van der Waals surface area contributed by atoms with Crippen LogP contribution in [0.4, 0.5) is 4.79 Å². The van der Waals surface area contributed by atoms with Crippen molar-refractivity contribution in [1.82, 2.24) is 9.96 Å².